The SMILES string of the molecule is Cc1ccoc1C(=O)C(=O)c1ccc([N+](=O)[O-])cc1. The minimum Gasteiger partial charge on any atom is -0.460 e. The van der Waals surface area contributed by atoms with E-state index in [0.29, 0.717) is 5.56 Å². The highest BCUT2D eigenvalue weighted by Gasteiger charge is 2.23. The molecule has 96 valence electrons. The molecule has 0 aliphatic carbocycles. The molecule has 0 atom stereocenters. The van der Waals surface area contributed by atoms with Gasteiger partial charge >= 0.3 is 0 Å². The molecule has 0 amide bonds. The topological polar surface area (TPSA) is 90.4 Å². The predicted octanol–water partition coefficient (Wildman–Crippen LogP) is 2.56. The number of hydrogen-bond donors (Lipinski definition) is 0. The zero-order valence-corrected chi connectivity index (χ0v) is 9.95. The number of carbonyl (C=O) groups excluding carboxylic acids is 2. The lowest BCUT2D eigenvalue weighted by molar-refractivity contribution is -0.384. The molecule has 19 heavy (non-hydrogen) atoms. The number of non-ortho nitro benzene ring substituents is 1. The van der Waals surface area contributed by atoms with Crippen molar-refractivity contribution < 1.29 is 18.9 Å². The van der Waals surface area contributed by atoms with Crippen molar-refractivity contribution in [3.05, 3.63) is 63.6 Å². The Bertz CT molecular complexity index is 654. The van der Waals surface area contributed by atoms with E-state index in [2.05, 4.69) is 0 Å². The van der Waals surface area contributed by atoms with E-state index >= 15 is 0 Å². The van der Waals surface area contributed by atoms with Gasteiger partial charge in [-0.25, -0.2) is 0 Å². The molecule has 0 fully saturated rings. The Labute approximate surface area is 107 Å². The first-order valence-electron chi connectivity index (χ1n) is 5.38. The van der Waals surface area contributed by atoms with Crippen molar-refractivity contribution in [1.82, 2.24) is 0 Å². The van der Waals surface area contributed by atoms with Gasteiger partial charge in [-0.3, -0.25) is 19.7 Å². The highest BCUT2D eigenvalue weighted by molar-refractivity contribution is 6.48. The van der Waals surface area contributed by atoms with Crippen molar-refractivity contribution in [3.63, 3.8) is 0 Å². The molecule has 1 aromatic heterocycles. The van der Waals surface area contributed by atoms with Crippen LogP contribution < -0.4 is 0 Å². The number of nitro groups is 1. The standard InChI is InChI=1S/C13H9NO5/c1-8-6-7-19-13(8)12(16)11(15)9-2-4-10(5-3-9)14(17)18/h2-7H,1H3. The van der Waals surface area contributed by atoms with E-state index in [0.717, 1.165) is 0 Å². The fourth-order valence-electron chi connectivity index (χ4n) is 1.57. The van der Waals surface area contributed by atoms with Gasteiger partial charge < -0.3 is 4.42 Å². The number of furan rings is 1. The number of carbonyl (C=O) groups is 2. The molecule has 2 aromatic rings. The van der Waals surface area contributed by atoms with Crippen LogP contribution in [0.25, 0.3) is 0 Å². The molecule has 0 aliphatic heterocycles. The Morgan fingerprint density at radius 1 is 1.11 bits per heavy atom. The van der Waals surface area contributed by atoms with E-state index in [4.69, 9.17) is 4.42 Å². The first-order valence-corrected chi connectivity index (χ1v) is 5.38. The molecule has 0 N–H and O–H groups in total. The quantitative estimate of drug-likeness (QED) is 0.364. The van der Waals surface area contributed by atoms with E-state index < -0.39 is 16.5 Å². The van der Waals surface area contributed by atoms with Crippen LogP contribution in [0.1, 0.15) is 26.5 Å². The maximum absolute atomic E-state index is 11.9. The van der Waals surface area contributed by atoms with E-state index in [1.54, 1.807) is 13.0 Å². The molecule has 0 radical (unpaired) electrons. The molecule has 6 heteroatoms. The number of ketones is 2. The molecule has 1 heterocycles. The fraction of sp³-hybridized carbons (Fsp3) is 0.0769. The van der Waals surface area contributed by atoms with Gasteiger partial charge in [0.05, 0.1) is 11.2 Å². The Kier molecular flexibility index (Phi) is 3.24. The number of benzene rings is 1. The lowest BCUT2D eigenvalue weighted by atomic mass is 10.0. The molecule has 0 bridgehead atoms. The number of nitrogens with zero attached hydrogens (tertiary/aromatic N) is 1. The van der Waals surface area contributed by atoms with Gasteiger partial charge in [0.15, 0.2) is 5.76 Å². The molecule has 2 rings (SSSR count). The molecule has 6 nitrogen and oxygen atoms in total. The summed E-state index contributed by atoms with van der Waals surface area (Å²) in [7, 11) is 0. The smallest absolute Gasteiger partial charge is 0.269 e. The summed E-state index contributed by atoms with van der Waals surface area (Å²) in [5, 5.41) is 10.5. The van der Waals surface area contributed by atoms with E-state index in [9.17, 15) is 19.7 Å². The number of Topliss-reactive ketones (excluding diaryl/α,β-unsaturated/α-hetero) is 2. The highest BCUT2D eigenvalue weighted by atomic mass is 16.6. The summed E-state index contributed by atoms with van der Waals surface area (Å²) in [6.45, 7) is 1.65. The summed E-state index contributed by atoms with van der Waals surface area (Å²) in [6, 6.07) is 6.43. The zero-order valence-electron chi connectivity index (χ0n) is 9.95. The van der Waals surface area contributed by atoms with Crippen LogP contribution in [0, 0.1) is 17.0 Å². The van der Waals surface area contributed by atoms with Gasteiger partial charge in [-0.05, 0) is 30.7 Å². The maximum atomic E-state index is 11.9. The Hall–Kier alpha value is -2.76. The van der Waals surface area contributed by atoms with Crippen molar-refractivity contribution >= 4 is 17.3 Å². The van der Waals surface area contributed by atoms with Crippen molar-refractivity contribution in [1.29, 1.82) is 0 Å². The van der Waals surface area contributed by atoms with Crippen LogP contribution in [0.4, 0.5) is 5.69 Å². The third-order valence-corrected chi connectivity index (χ3v) is 2.61. The van der Waals surface area contributed by atoms with Crippen LogP contribution in [0.2, 0.25) is 0 Å². The Morgan fingerprint density at radius 3 is 2.21 bits per heavy atom. The molecular weight excluding hydrogens is 250 g/mol. The first-order chi connectivity index (χ1) is 9.00. The van der Waals surface area contributed by atoms with Crippen molar-refractivity contribution in [2.75, 3.05) is 0 Å². The van der Waals surface area contributed by atoms with Gasteiger partial charge in [-0.1, -0.05) is 0 Å². The minimum atomic E-state index is -0.767. The molecular formula is C13H9NO5. The van der Waals surface area contributed by atoms with Crippen LogP contribution in [0.5, 0.6) is 0 Å². The molecule has 0 saturated heterocycles. The summed E-state index contributed by atoms with van der Waals surface area (Å²) in [5.74, 6) is -1.53. The Balaban J connectivity index is 2.27. The number of aryl methyl sites for hydroxylation is 1. The highest BCUT2D eigenvalue weighted by Crippen LogP contribution is 2.16. The summed E-state index contributed by atoms with van der Waals surface area (Å²) < 4.78 is 4.95. The van der Waals surface area contributed by atoms with Crippen molar-refractivity contribution in [2.45, 2.75) is 6.92 Å². The van der Waals surface area contributed by atoms with Gasteiger partial charge in [0, 0.05) is 17.7 Å². The van der Waals surface area contributed by atoms with Crippen LogP contribution in [0.3, 0.4) is 0 Å². The zero-order chi connectivity index (χ0) is 14.0. The van der Waals surface area contributed by atoms with Gasteiger partial charge in [0.2, 0.25) is 5.78 Å². The maximum Gasteiger partial charge on any atom is 0.269 e. The number of nitro benzene ring substituents is 1. The summed E-state index contributed by atoms with van der Waals surface area (Å²) in [6.07, 6.45) is 1.33. The average Bonchev–Trinajstić information content (AvgIpc) is 2.83. The molecule has 0 aliphatic rings. The summed E-state index contributed by atoms with van der Waals surface area (Å²) in [4.78, 5) is 33.7. The normalized spacial score (nSPS) is 10.2. The van der Waals surface area contributed by atoms with Crippen LogP contribution in [-0.2, 0) is 0 Å². The first kappa shape index (κ1) is 12.7. The second-order valence-electron chi connectivity index (χ2n) is 3.89. The molecule has 0 spiro atoms. The minimum absolute atomic E-state index is 0.0108. The van der Waals surface area contributed by atoms with E-state index in [1.165, 1.54) is 30.5 Å². The lowest BCUT2D eigenvalue weighted by Crippen LogP contribution is -2.14. The van der Waals surface area contributed by atoms with Gasteiger partial charge in [0.1, 0.15) is 0 Å². The van der Waals surface area contributed by atoms with Gasteiger partial charge in [0.25, 0.3) is 11.5 Å². The second kappa shape index (κ2) is 4.85. The summed E-state index contributed by atoms with van der Waals surface area (Å²) >= 11 is 0. The van der Waals surface area contributed by atoms with E-state index in [1.807, 2.05) is 0 Å². The van der Waals surface area contributed by atoms with Crippen molar-refractivity contribution in [2.24, 2.45) is 0 Å². The third kappa shape index (κ3) is 2.42. The Morgan fingerprint density at radius 2 is 1.74 bits per heavy atom. The van der Waals surface area contributed by atoms with Gasteiger partial charge in [-0.15, -0.1) is 0 Å². The number of rotatable bonds is 4. The third-order valence-electron chi connectivity index (χ3n) is 2.61. The monoisotopic (exact) mass is 259 g/mol. The lowest BCUT2D eigenvalue weighted by Gasteiger charge is -1.99. The van der Waals surface area contributed by atoms with Crippen LogP contribution in [-0.4, -0.2) is 16.5 Å². The van der Waals surface area contributed by atoms with Gasteiger partial charge in [-0.2, -0.15) is 0 Å². The van der Waals surface area contributed by atoms with Crippen LogP contribution >= 0.6 is 0 Å². The molecule has 0 unspecified atom stereocenters. The fourth-order valence-corrected chi connectivity index (χ4v) is 1.57. The molecule has 0 saturated carbocycles. The van der Waals surface area contributed by atoms with Crippen LogP contribution in [0.15, 0.2) is 41.0 Å². The molecule has 1 aromatic carbocycles. The van der Waals surface area contributed by atoms with E-state index in [-0.39, 0.29) is 17.0 Å². The predicted molar refractivity (Wildman–Crippen MR) is 65.2 cm³/mol. The largest absolute Gasteiger partial charge is 0.460 e. The average molecular weight is 259 g/mol. The second-order valence-corrected chi connectivity index (χ2v) is 3.89. The summed E-state index contributed by atoms with van der Waals surface area (Å²) in [5.41, 5.74) is 0.518. The van der Waals surface area contributed by atoms with Crippen molar-refractivity contribution in [3.8, 4) is 0 Å². The number of hydrogen-bond acceptors (Lipinski definition) is 5.